The van der Waals surface area contributed by atoms with Crippen LogP contribution in [0.1, 0.15) is 22.7 Å². The minimum Gasteiger partial charge on any atom is -0.324 e. The first-order valence-corrected chi connectivity index (χ1v) is 6.23. The van der Waals surface area contributed by atoms with Crippen molar-refractivity contribution < 1.29 is 9.31 Å². The van der Waals surface area contributed by atoms with Gasteiger partial charge in [-0.3, -0.25) is 10.1 Å². The van der Waals surface area contributed by atoms with Gasteiger partial charge >= 0.3 is 0 Å². The van der Waals surface area contributed by atoms with Gasteiger partial charge in [-0.05, 0) is 36.6 Å². The number of nitrogens with zero attached hydrogens (tertiary/aromatic N) is 1. The lowest BCUT2D eigenvalue weighted by Gasteiger charge is -2.15. The topological polar surface area (TPSA) is 69.2 Å². The molecule has 0 bridgehead atoms. The van der Waals surface area contributed by atoms with E-state index in [0.29, 0.717) is 12.0 Å². The Balaban J connectivity index is 2.28. The molecule has 0 saturated heterocycles. The van der Waals surface area contributed by atoms with Crippen molar-refractivity contribution in [3.8, 4) is 0 Å². The van der Waals surface area contributed by atoms with Crippen molar-refractivity contribution in [2.24, 2.45) is 5.73 Å². The molecule has 2 rings (SSSR count). The number of rotatable bonds is 4. The highest BCUT2D eigenvalue weighted by Crippen LogP contribution is 2.25. The number of para-hydroxylation sites is 1. The quantitative estimate of drug-likeness (QED) is 0.687. The molecule has 0 fully saturated rings. The van der Waals surface area contributed by atoms with E-state index in [4.69, 9.17) is 5.73 Å². The molecule has 0 amide bonds. The summed E-state index contributed by atoms with van der Waals surface area (Å²) in [5.74, 6) is -0.316. The molecule has 4 nitrogen and oxygen atoms in total. The van der Waals surface area contributed by atoms with Crippen LogP contribution in [0.15, 0.2) is 42.5 Å². The average Bonchev–Trinajstić information content (AvgIpc) is 2.38. The van der Waals surface area contributed by atoms with Crippen molar-refractivity contribution >= 4 is 5.69 Å². The molecule has 1 unspecified atom stereocenters. The summed E-state index contributed by atoms with van der Waals surface area (Å²) in [6.07, 6.45) is 0.337. The van der Waals surface area contributed by atoms with E-state index in [-0.39, 0.29) is 11.5 Å². The van der Waals surface area contributed by atoms with Crippen LogP contribution in [-0.2, 0) is 6.42 Å². The molecule has 20 heavy (non-hydrogen) atoms. The normalized spacial score (nSPS) is 12.2. The van der Waals surface area contributed by atoms with Gasteiger partial charge < -0.3 is 5.73 Å². The molecule has 2 aromatic rings. The third kappa shape index (κ3) is 3.00. The molecule has 5 heteroatoms. The van der Waals surface area contributed by atoms with Gasteiger partial charge in [-0.2, -0.15) is 0 Å². The van der Waals surface area contributed by atoms with Crippen LogP contribution < -0.4 is 5.73 Å². The Labute approximate surface area is 116 Å². The van der Waals surface area contributed by atoms with Gasteiger partial charge in [0.1, 0.15) is 5.82 Å². The molecule has 0 aliphatic rings. The van der Waals surface area contributed by atoms with Gasteiger partial charge in [-0.25, -0.2) is 4.39 Å². The summed E-state index contributed by atoms with van der Waals surface area (Å²) in [5.41, 5.74) is 8.28. The third-order valence-corrected chi connectivity index (χ3v) is 3.26. The molecular weight excluding hydrogens is 259 g/mol. The maximum absolute atomic E-state index is 13.1. The van der Waals surface area contributed by atoms with Gasteiger partial charge in [0.25, 0.3) is 5.69 Å². The second-order valence-corrected chi connectivity index (χ2v) is 4.70. The Morgan fingerprint density at radius 3 is 2.65 bits per heavy atom. The van der Waals surface area contributed by atoms with E-state index < -0.39 is 11.0 Å². The number of aryl methyl sites for hydroxylation is 1. The van der Waals surface area contributed by atoms with Crippen LogP contribution in [0.3, 0.4) is 0 Å². The molecule has 0 aliphatic carbocycles. The van der Waals surface area contributed by atoms with Crippen LogP contribution >= 0.6 is 0 Å². The lowest BCUT2D eigenvalue weighted by molar-refractivity contribution is -0.385. The minimum absolute atomic E-state index is 0.0581. The van der Waals surface area contributed by atoms with Crippen molar-refractivity contribution in [3.05, 3.63) is 75.1 Å². The third-order valence-electron chi connectivity index (χ3n) is 3.26. The minimum atomic E-state index is -0.417. The zero-order valence-electron chi connectivity index (χ0n) is 11.0. The van der Waals surface area contributed by atoms with Gasteiger partial charge in [-0.1, -0.05) is 24.3 Å². The molecule has 0 radical (unpaired) electrons. The number of hydrogen-bond donors (Lipinski definition) is 1. The van der Waals surface area contributed by atoms with Gasteiger partial charge in [0.2, 0.25) is 0 Å². The summed E-state index contributed by atoms with van der Waals surface area (Å²) in [5, 5.41) is 11.0. The first-order valence-electron chi connectivity index (χ1n) is 6.23. The lowest BCUT2D eigenvalue weighted by Crippen LogP contribution is -2.15. The molecule has 2 aromatic carbocycles. The van der Waals surface area contributed by atoms with E-state index >= 15 is 0 Å². The van der Waals surface area contributed by atoms with Crippen molar-refractivity contribution in [3.63, 3.8) is 0 Å². The Hall–Kier alpha value is -2.27. The number of benzene rings is 2. The molecule has 0 heterocycles. The summed E-state index contributed by atoms with van der Waals surface area (Å²) >= 11 is 0. The zero-order valence-corrected chi connectivity index (χ0v) is 11.0. The predicted octanol–water partition coefficient (Wildman–Crippen LogP) is 3.28. The van der Waals surface area contributed by atoms with E-state index in [0.717, 1.165) is 11.1 Å². The van der Waals surface area contributed by atoms with Crippen molar-refractivity contribution in [2.45, 2.75) is 19.4 Å². The smallest absolute Gasteiger partial charge is 0.272 e. The van der Waals surface area contributed by atoms with E-state index in [9.17, 15) is 14.5 Å². The first-order chi connectivity index (χ1) is 9.49. The molecular formula is C15H15FN2O2. The fourth-order valence-electron chi connectivity index (χ4n) is 2.26. The van der Waals surface area contributed by atoms with Crippen LogP contribution in [0.25, 0.3) is 0 Å². The predicted molar refractivity (Wildman–Crippen MR) is 74.9 cm³/mol. The summed E-state index contributed by atoms with van der Waals surface area (Å²) in [4.78, 5) is 10.5. The molecule has 104 valence electrons. The maximum atomic E-state index is 13.1. The SMILES string of the molecule is Cc1cc(F)ccc1C(N)Cc1ccccc1[N+](=O)[O-]. The molecule has 2 N–H and O–H groups in total. The van der Waals surface area contributed by atoms with Crippen LogP contribution in [0.5, 0.6) is 0 Å². The second-order valence-electron chi connectivity index (χ2n) is 4.70. The first kappa shape index (κ1) is 14.1. The summed E-state index contributed by atoms with van der Waals surface area (Å²) in [6.45, 7) is 1.78. The zero-order chi connectivity index (χ0) is 14.7. The maximum Gasteiger partial charge on any atom is 0.272 e. The fraction of sp³-hybridized carbons (Fsp3) is 0.200. The van der Waals surface area contributed by atoms with E-state index in [1.54, 1.807) is 31.2 Å². The van der Waals surface area contributed by atoms with E-state index in [1.165, 1.54) is 18.2 Å². The average molecular weight is 274 g/mol. The standard InChI is InChI=1S/C15H15FN2O2/c1-10-8-12(16)6-7-13(10)14(17)9-11-4-2-3-5-15(11)18(19)20/h2-8,14H,9,17H2,1H3. The monoisotopic (exact) mass is 274 g/mol. The largest absolute Gasteiger partial charge is 0.324 e. The summed E-state index contributed by atoms with van der Waals surface area (Å²) in [7, 11) is 0. The van der Waals surface area contributed by atoms with Crippen LogP contribution in [0.2, 0.25) is 0 Å². The van der Waals surface area contributed by atoms with Crippen molar-refractivity contribution in [2.75, 3.05) is 0 Å². The molecule has 0 saturated carbocycles. The highest BCUT2D eigenvalue weighted by atomic mass is 19.1. The van der Waals surface area contributed by atoms with Gasteiger partial charge in [0.15, 0.2) is 0 Å². The van der Waals surface area contributed by atoms with Gasteiger partial charge in [0, 0.05) is 17.7 Å². The molecule has 0 aliphatic heterocycles. The number of nitro groups is 1. The Bertz CT molecular complexity index is 644. The Morgan fingerprint density at radius 1 is 1.30 bits per heavy atom. The molecule has 0 spiro atoms. The van der Waals surface area contributed by atoms with E-state index in [2.05, 4.69) is 0 Å². The summed E-state index contributed by atoms with van der Waals surface area (Å²) in [6, 6.07) is 10.5. The Kier molecular flexibility index (Phi) is 4.10. The molecule has 1 atom stereocenters. The van der Waals surface area contributed by atoms with Gasteiger partial charge in [0.05, 0.1) is 4.92 Å². The van der Waals surface area contributed by atoms with Crippen molar-refractivity contribution in [1.29, 1.82) is 0 Å². The van der Waals surface area contributed by atoms with Gasteiger partial charge in [-0.15, -0.1) is 0 Å². The van der Waals surface area contributed by atoms with Crippen LogP contribution in [0.4, 0.5) is 10.1 Å². The fourth-order valence-corrected chi connectivity index (χ4v) is 2.26. The highest BCUT2D eigenvalue weighted by molar-refractivity contribution is 5.41. The number of nitrogens with two attached hydrogens (primary N) is 1. The number of hydrogen-bond acceptors (Lipinski definition) is 3. The number of nitro benzene ring substituents is 1. The summed E-state index contributed by atoms with van der Waals surface area (Å²) < 4.78 is 13.1. The highest BCUT2D eigenvalue weighted by Gasteiger charge is 2.17. The van der Waals surface area contributed by atoms with Crippen molar-refractivity contribution in [1.82, 2.24) is 0 Å². The Morgan fingerprint density at radius 2 is 2.00 bits per heavy atom. The molecule has 0 aromatic heterocycles. The van der Waals surface area contributed by atoms with E-state index in [1.807, 2.05) is 0 Å². The van der Waals surface area contributed by atoms with Crippen LogP contribution in [-0.4, -0.2) is 4.92 Å². The lowest BCUT2D eigenvalue weighted by atomic mass is 9.95. The second kappa shape index (κ2) is 5.79. The van der Waals surface area contributed by atoms with Crippen LogP contribution in [0, 0.1) is 22.9 Å². The number of halogens is 1.